The predicted octanol–water partition coefficient (Wildman–Crippen LogP) is -1.40. The predicted molar refractivity (Wildman–Crippen MR) is 56.7 cm³/mol. The van der Waals surface area contributed by atoms with Crippen molar-refractivity contribution in [2.45, 2.75) is 0 Å². The van der Waals surface area contributed by atoms with E-state index < -0.39 is 12.1 Å². The second kappa shape index (κ2) is 4.42. The third-order valence-corrected chi connectivity index (χ3v) is 1.73. The highest BCUT2D eigenvalue weighted by molar-refractivity contribution is 5.90. The summed E-state index contributed by atoms with van der Waals surface area (Å²) in [6, 6.07) is 1.08. The van der Waals surface area contributed by atoms with Gasteiger partial charge in [-0.05, 0) is 12.1 Å². The van der Waals surface area contributed by atoms with E-state index in [9.17, 15) is 9.59 Å². The van der Waals surface area contributed by atoms with Crippen molar-refractivity contribution in [1.29, 1.82) is 0 Å². The van der Waals surface area contributed by atoms with E-state index in [0.29, 0.717) is 10.0 Å². The van der Waals surface area contributed by atoms with Crippen molar-refractivity contribution in [2.75, 3.05) is 10.0 Å². The lowest BCUT2D eigenvalue weighted by atomic mass is 10.4. The summed E-state index contributed by atoms with van der Waals surface area (Å²) >= 11 is 0. The Labute approximate surface area is 90.5 Å². The van der Waals surface area contributed by atoms with Crippen LogP contribution in [0.25, 0.3) is 0 Å². The van der Waals surface area contributed by atoms with E-state index in [1.165, 1.54) is 18.3 Å². The minimum Gasteiger partial charge on any atom is -0.350 e. The third-order valence-electron chi connectivity index (χ3n) is 1.73. The van der Waals surface area contributed by atoms with Crippen LogP contribution in [-0.2, 0) is 0 Å². The van der Waals surface area contributed by atoms with Crippen molar-refractivity contribution >= 4 is 23.6 Å². The summed E-state index contributed by atoms with van der Waals surface area (Å²) in [7, 11) is 0. The summed E-state index contributed by atoms with van der Waals surface area (Å²) < 4.78 is 0. The van der Waals surface area contributed by atoms with E-state index >= 15 is 0 Å². The number of primary amides is 2. The molecule has 0 aliphatic rings. The molecule has 86 valence electrons. The van der Waals surface area contributed by atoms with E-state index in [2.05, 4.69) is 4.98 Å². The summed E-state index contributed by atoms with van der Waals surface area (Å²) in [5, 5.41) is 1.34. The highest BCUT2D eigenvalue weighted by Crippen LogP contribution is 2.13. The summed E-state index contributed by atoms with van der Waals surface area (Å²) in [6.45, 7) is 0. The molecule has 0 atom stereocenters. The number of urea groups is 2. The van der Waals surface area contributed by atoms with Crippen LogP contribution in [0.3, 0.4) is 0 Å². The first kappa shape index (κ1) is 11.7. The number of aromatic nitrogens is 1. The van der Waals surface area contributed by atoms with E-state index in [1.54, 1.807) is 0 Å². The molecule has 0 aliphatic heterocycles. The highest BCUT2D eigenvalue weighted by Gasteiger charge is 2.11. The first-order valence-electron chi connectivity index (χ1n) is 4.08. The van der Waals surface area contributed by atoms with Crippen molar-refractivity contribution < 1.29 is 9.59 Å². The Hall–Kier alpha value is -2.39. The van der Waals surface area contributed by atoms with E-state index in [0.717, 1.165) is 0 Å². The number of pyridine rings is 1. The average molecular weight is 225 g/mol. The summed E-state index contributed by atoms with van der Waals surface area (Å²) in [5.74, 6) is 10.7. The monoisotopic (exact) mass is 225 g/mol. The minimum absolute atomic E-state index is 0.120. The molecule has 9 nitrogen and oxygen atoms in total. The molecule has 0 bridgehead atoms. The van der Waals surface area contributed by atoms with Crippen molar-refractivity contribution in [3.63, 3.8) is 0 Å². The van der Waals surface area contributed by atoms with Gasteiger partial charge in [-0.25, -0.2) is 36.3 Å². The zero-order chi connectivity index (χ0) is 12.3. The summed E-state index contributed by atoms with van der Waals surface area (Å²) in [4.78, 5) is 25.2. The van der Waals surface area contributed by atoms with Gasteiger partial charge in [-0.3, -0.25) is 0 Å². The van der Waals surface area contributed by atoms with Crippen LogP contribution in [0.2, 0.25) is 0 Å². The van der Waals surface area contributed by atoms with E-state index in [-0.39, 0.29) is 11.5 Å². The van der Waals surface area contributed by atoms with Crippen molar-refractivity contribution in [1.82, 2.24) is 4.98 Å². The minimum atomic E-state index is -0.861. The molecule has 1 aromatic heterocycles. The first-order valence-corrected chi connectivity index (χ1v) is 4.08. The number of hydrogen-bond acceptors (Lipinski definition) is 5. The fourth-order valence-corrected chi connectivity index (χ4v) is 0.903. The first-order chi connectivity index (χ1) is 7.43. The molecule has 0 radical (unpaired) electrons. The molecule has 0 saturated heterocycles. The fraction of sp³-hybridized carbons (Fsp3) is 0. The van der Waals surface area contributed by atoms with Crippen LogP contribution in [0.4, 0.5) is 21.1 Å². The van der Waals surface area contributed by atoms with Crippen LogP contribution in [0.1, 0.15) is 0 Å². The molecule has 1 aromatic rings. The number of nitrogens with zero attached hydrogens (tertiary/aromatic N) is 3. The lowest BCUT2D eigenvalue weighted by molar-refractivity contribution is 0.253. The Morgan fingerprint density at radius 3 is 2.00 bits per heavy atom. The normalized spacial score (nSPS) is 9.62. The molecular formula is C7H11N7O2. The Balaban J connectivity index is 2.91. The molecule has 1 heterocycles. The Morgan fingerprint density at radius 2 is 1.62 bits per heavy atom. The lowest BCUT2D eigenvalue weighted by Gasteiger charge is -2.15. The van der Waals surface area contributed by atoms with Crippen LogP contribution < -0.4 is 33.2 Å². The zero-order valence-corrected chi connectivity index (χ0v) is 8.20. The molecule has 0 aliphatic carbocycles. The Morgan fingerprint density at radius 1 is 1.06 bits per heavy atom. The second-order valence-electron chi connectivity index (χ2n) is 2.79. The van der Waals surface area contributed by atoms with Crippen molar-refractivity contribution in [2.24, 2.45) is 23.2 Å². The van der Waals surface area contributed by atoms with Gasteiger partial charge in [0.1, 0.15) is 0 Å². The van der Waals surface area contributed by atoms with Crippen LogP contribution in [-0.4, -0.2) is 17.0 Å². The third kappa shape index (κ3) is 2.34. The fourth-order valence-electron chi connectivity index (χ4n) is 0.903. The van der Waals surface area contributed by atoms with Gasteiger partial charge < -0.3 is 11.5 Å². The quantitative estimate of drug-likeness (QED) is 0.276. The molecular weight excluding hydrogens is 214 g/mol. The Kier molecular flexibility index (Phi) is 3.23. The molecule has 0 spiro atoms. The number of carbonyl (C=O) groups is 2. The van der Waals surface area contributed by atoms with Gasteiger partial charge in [0.05, 0.1) is 11.9 Å². The van der Waals surface area contributed by atoms with Gasteiger partial charge in [0, 0.05) is 0 Å². The van der Waals surface area contributed by atoms with Gasteiger partial charge in [-0.2, -0.15) is 0 Å². The maximum absolute atomic E-state index is 10.7. The number of hydrazine groups is 2. The number of hydrogen-bond donors (Lipinski definition) is 4. The number of rotatable bonds is 2. The second-order valence-corrected chi connectivity index (χ2v) is 2.79. The van der Waals surface area contributed by atoms with Gasteiger partial charge in [-0.1, -0.05) is 0 Å². The van der Waals surface area contributed by atoms with Gasteiger partial charge in [0.25, 0.3) is 0 Å². The van der Waals surface area contributed by atoms with Gasteiger partial charge >= 0.3 is 12.1 Å². The van der Waals surface area contributed by atoms with Crippen molar-refractivity contribution in [3.8, 4) is 0 Å². The van der Waals surface area contributed by atoms with E-state index in [4.69, 9.17) is 23.2 Å². The molecule has 9 heteroatoms. The zero-order valence-electron chi connectivity index (χ0n) is 8.20. The molecule has 0 aromatic carbocycles. The van der Waals surface area contributed by atoms with Crippen LogP contribution >= 0.6 is 0 Å². The smallest absolute Gasteiger partial charge is 0.335 e. The summed E-state index contributed by atoms with van der Waals surface area (Å²) in [6.07, 6.45) is 1.23. The lowest BCUT2D eigenvalue weighted by Crippen LogP contribution is -2.43. The molecule has 16 heavy (non-hydrogen) atoms. The number of amides is 4. The number of anilines is 2. The van der Waals surface area contributed by atoms with Gasteiger partial charge in [0.15, 0.2) is 5.82 Å². The maximum Gasteiger partial charge on any atom is 0.335 e. The van der Waals surface area contributed by atoms with E-state index in [1.807, 2.05) is 0 Å². The number of carbonyl (C=O) groups excluding carboxylic acids is 2. The standard InChI is InChI=1S/C7H11N7O2/c8-6(15)13(10)4-1-2-5(12-3-4)14(11)7(9)16/h1-3H,10-11H2,(H2,8,15)(H2,9,16). The highest BCUT2D eigenvalue weighted by atomic mass is 16.2. The molecule has 8 N–H and O–H groups in total. The Bertz CT molecular complexity index is 365. The van der Waals surface area contributed by atoms with Gasteiger partial charge in [-0.15, -0.1) is 0 Å². The molecule has 0 unspecified atom stereocenters. The SMILES string of the molecule is NC(=O)N(N)c1ccc(N(N)C(N)=O)nc1. The maximum atomic E-state index is 10.7. The molecule has 0 fully saturated rings. The number of nitrogens with two attached hydrogens (primary N) is 4. The van der Waals surface area contributed by atoms with Crippen LogP contribution in [0.15, 0.2) is 18.3 Å². The average Bonchev–Trinajstić information content (AvgIpc) is 2.27. The van der Waals surface area contributed by atoms with Crippen LogP contribution in [0, 0.1) is 0 Å². The summed E-state index contributed by atoms with van der Waals surface area (Å²) in [5.41, 5.74) is 10.1. The van der Waals surface area contributed by atoms with Crippen molar-refractivity contribution in [3.05, 3.63) is 18.3 Å². The topological polar surface area (TPSA) is 158 Å². The molecule has 4 amide bonds. The molecule has 1 rings (SSSR count). The largest absolute Gasteiger partial charge is 0.350 e. The molecule has 0 saturated carbocycles. The van der Waals surface area contributed by atoms with Gasteiger partial charge in [0.2, 0.25) is 0 Å². The van der Waals surface area contributed by atoms with Crippen LogP contribution in [0.5, 0.6) is 0 Å².